The van der Waals surface area contributed by atoms with E-state index < -0.39 is 0 Å². The summed E-state index contributed by atoms with van der Waals surface area (Å²) < 4.78 is 1.04. The monoisotopic (exact) mass is 263 g/mol. The number of nitrogens with zero attached hydrogens (tertiary/aromatic N) is 2. The molecule has 5 nitrogen and oxygen atoms in total. The zero-order valence-corrected chi connectivity index (χ0v) is 12.1. The van der Waals surface area contributed by atoms with E-state index in [-0.39, 0.29) is 12.4 Å². The molecule has 0 spiro atoms. The number of rotatable bonds is 2. The molecular weight excluding hydrogens is 238 g/mol. The van der Waals surface area contributed by atoms with Gasteiger partial charge in [0.05, 0.1) is 27.2 Å². The van der Waals surface area contributed by atoms with E-state index in [0.717, 1.165) is 23.4 Å². The molecule has 0 unspecified atom stereocenters. The summed E-state index contributed by atoms with van der Waals surface area (Å²) in [6.45, 7) is 0. The third-order valence-electron chi connectivity index (χ3n) is 3.49. The second-order valence-corrected chi connectivity index (χ2v) is 5.73. The molecule has 1 fully saturated rings. The maximum atomic E-state index is 7.64. The van der Waals surface area contributed by atoms with Crippen LogP contribution in [0.3, 0.4) is 0 Å². The molecule has 102 valence electrons. The average molecular weight is 264 g/mol. The van der Waals surface area contributed by atoms with Gasteiger partial charge in [-0.1, -0.05) is 0 Å². The van der Waals surface area contributed by atoms with Crippen LogP contribution in [0.15, 0.2) is 0 Å². The summed E-state index contributed by atoms with van der Waals surface area (Å²) >= 11 is 0. The van der Waals surface area contributed by atoms with Crippen molar-refractivity contribution in [1.29, 1.82) is 5.41 Å². The summed E-state index contributed by atoms with van der Waals surface area (Å²) in [4.78, 5) is 0. The number of guanidine groups is 1. The standard InChI is InChI=1S/C11H26N5.ClH/c1-15(13)11(12)14-9-5-7-10(8-6-9)16(2,3)4;/h9-10H,5-8,13H2,1-4H3,(H2,12,14);1H/q+1;/p-1/t9-,10-;. The van der Waals surface area contributed by atoms with Crippen molar-refractivity contribution in [3.05, 3.63) is 0 Å². The number of hydrogen-bond acceptors (Lipinski definition) is 2. The largest absolute Gasteiger partial charge is 1.00 e. The minimum atomic E-state index is 0. The molecule has 0 saturated heterocycles. The van der Waals surface area contributed by atoms with Crippen LogP contribution in [0.5, 0.6) is 0 Å². The molecule has 0 radical (unpaired) electrons. The lowest BCUT2D eigenvalue weighted by molar-refractivity contribution is -0.897. The molecule has 1 aliphatic rings. The molecule has 17 heavy (non-hydrogen) atoms. The number of quaternary nitrogens is 1. The van der Waals surface area contributed by atoms with E-state index in [0.29, 0.717) is 12.0 Å². The molecule has 1 aliphatic carbocycles. The topological polar surface area (TPSA) is 65.1 Å². The first-order valence-electron chi connectivity index (χ1n) is 5.95. The van der Waals surface area contributed by atoms with Gasteiger partial charge in [0, 0.05) is 25.9 Å². The zero-order valence-electron chi connectivity index (χ0n) is 11.3. The molecule has 0 aromatic rings. The maximum absolute atomic E-state index is 7.64. The average Bonchev–Trinajstić information content (AvgIpc) is 2.17. The minimum absolute atomic E-state index is 0. The van der Waals surface area contributed by atoms with Gasteiger partial charge in [-0.2, -0.15) is 0 Å². The van der Waals surface area contributed by atoms with E-state index in [4.69, 9.17) is 11.3 Å². The van der Waals surface area contributed by atoms with Crippen LogP contribution in [0, 0.1) is 5.41 Å². The first-order chi connectivity index (χ1) is 7.30. The molecule has 4 N–H and O–H groups in total. The van der Waals surface area contributed by atoms with E-state index in [9.17, 15) is 0 Å². The Kier molecular flexibility index (Phi) is 6.23. The quantitative estimate of drug-likeness (QED) is 0.168. The van der Waals surface area contributed by atoms with Crippen LogP contribution in [0.2, 0.25) is 0 Å². The van der Waals surface area contributed by atoms with Gasteiger partial charge in [-0.15, -0.1) is 0 Å². The summed E-state index contributed by atoms with van der Waals surface area (Å²) in [7, 11) is 8.46. The lowest BCUT2D eigenvalue weighted by Crippen LogP contribution is -3.00. The predicted molar refractivity (Wildman–Crippen MR) is 66.9 cm³/mol. The third kappa shape index (κ3) is 5.10. The van der Waals surface area contributed by atoms with Crippen molar-refractivity contribution in [2.24, 2.45) is 5.84 Å². The fourth-order valence-electron chi connectivity index (χ4n) is 2.29. The molecule has 0 atom stereocenters. The molecule has 0 aromatic heterocycles. The second-order valence-electron chi connectivity index (χ2n) is 5.73. The Balaban J connectivity index is 0.00000256. The van der Waals surface area contributed by atoms with Gasteiger partial charge in [-0.3, -0.25) is 10.4 Å². The Labute approximate surface area is 111 Å². The SMILES string of the molecule is CN(N)C(=N)N[C@H]1CC[C@H]([N+](C)(C)C)CC1.[Cl-]. The van der Waals surface area contributed by atoms with Gasteiger partial charge in [-0.05, 0) is 12.8 Å². The first kappa shape index (κ1) is 16.5. The van der Waals surface area contributed by atoms with Gasteiger partial charge in [0.15, 0.2) is 0 Å². The van der Waals surface area contributed by atoms with Crippen molar-refractivity contribution in [2.75, 3.05) is 28.2 Å². The van der Waals surface area contributed by atoms with Gasteiger partial charge < -0.3 is 22.2 Å². The molecule has 0 heterocycles. The summed E-state index contributed by atoms with van der Waals surface area (Å²) in [5.41, 5.74) is 0. The van der Waals surface area contributed by atoms with Crippen LogP contribution in [0.25, 0.3) is 0 Å². The highest BCUT2D eigenvalue weighted by atomic mass is 35.5. The van der Waals surface area contributed by atoms with Crippen molar-refractivity contribution in [3.63, 3.8) is 0 Å². The first-order valence-corrected chi connectivity index (χ1v) is 5.95. The Morgan fingerprint density at radius 2 is 1.71 bits per heavy atom. The molecule has 0 aliphatic heterocycles. The molecule has 1 rings (SSSR count). The molecule has 0 aromatic carbocycles. The number of hydrazine groups is 1. The summed E-state index contributed by atoms with van der Waals surface area (Å²) in [6.07, 6.45) is 4.72. The molecule has 0 amide bonds. The Morgan fingerprint density at radius 1 is 1.24 bits per heavy atom. The van der Waals surface area contributed by atoms with Crippen LogP contribution in [0.1, 0.15) is 25.7 Å². The Morgan fingerprint density at radius 3 is 2.06 bits per heavy atom. The van der Waals surface area contributed by atoms with Crippen molar-refractivity contribution in [2.45, 2.75) is 37.8 Å². The molecule has 6 heteroatoms. The van der Waals surface area contributed by atoms with Crippen LogP contribution in [0.4, 0.5) is 0 Å². The third-order valence-corrected chi connectivity index (χ3v) is 3.49. The molecule has 1 saturated carbocycles. The van der Waals surface area contributed by atoms with E-state index in [2.05, 4.69) is 26.5 Å². The van der Waals surface area contributed by atoms with E-state index in [1.807, 2.05) is 0 Å². The highest BCUT2D eigenvalue weighted by molar-refractivity contribution is 5.75. The van der Waals surface area contributed by atoms with E-state index in [1.165, 1.54) is 17.9 Å². The lowest BCUT2D eigenvalue weighted by atomic mass is 9.89. The maximum Gasteiger partial charge on any atom is 0.205 e. The molecular formula is C11H26ClN5. The predicted octanol–water partition coefficient (Wildman–Crippen LogP) is -2.66. The van der Waals surface area contributed by atoms with Gasteiger partial charge in [0.1, 0.15) is 0 Å². The Bertz CT molecular complexity index is 241. The normalized spacial score (nSPS) is 24.8. The number of nitrogens with one attached hydrogen (secondary N) is 2. The van der Waals surface area contributed by atoms with Crippen LogP contribution >= 0.6 is 0 Å². The van der Waals surface area contributed by atoms with Gasteiger partial charge in [0.25, 0.3) is 0 Å². The number of hydrogen-bond donors (Lipinski definition) is 3. The Hall–Kier alpha value is -0.520. The van der Waals surface area contributed by atoms with Gasteiger partial charge in [-0.25, -0.2) is 5.84 Å². The fraction of sp³-hybridized carbons (Fsp3) is 0.909. The highest BCUT2D eigenvalue weighted by Crippen LogP contribution is 2.24. The van der Waals surface area contributed by atoms with E-state index in [1.54, 1.807) is 7.05 Å². The summed E-state index contributed by atoms with van der Waals surface area (Å²) in [5, 5.41) is 12.1. The molecule has 0 bridgehead atoms. The second kappa shape index (κ2) is 6.42. The minimum Gasteiger partial charge on any atom is -1.00 e. The van der Waals surface area contributed by atoms with Crippen LogP contribution in [-0.2, 0) is 0 Å². The summed E-state index contributed by atoms with van der Waals surface area (Å²) in [5.74, 6) is 5.81. The zero-order chi connectivity index (χ0) is 12.3. The van der Waals surface area contributed by atoms with Crippen molar-refractivity contribution >= 4 is 5.96 Å². The number of nitrogens with two attached hydrogens (primary N) is 1. The fourth-order valence-corrected chi connectivity index (χ4v) is 2.29. The van der Waals surface area contributed by atoms with Crippen molar-refractivity contribution in [1.82, 2.24) is 10.3 Å². The van der Waals surface area contributed by atoms with Gasteiger partial charge >= 0.3 is 0 Å². The van der Waals surface area contributed by atoms with E-state index >= 15 is 0 Å². The lowest BCUT2D eigenvalue weighted by Gasteiger charge is -2.39. The summed E-state index contributed by atoms with van der Waals surface area (Å²) in [6, 6.07) is 1.17. The van der Waals surface area contributed by atoms with Crippen molar-refractivity contribution in [3.8, 4) is 0 Å². The number of halogens is 1. The van der Waals surface area contributed by atoms with Crippen LogP contribution < -0.4 is 23.6 Å². The highest BCUT2D eigenvalue weighted by Gasteiger charge is 2.30. The van der Waals surface area contributed by atoms with Gasteiger partial charge in [0.2, 0.25) is 5.96 Å². The smallest absolute Gasteiger partial charge is 0.205 e. The van der Waals surface area contributed by atoms with Crippen molar-refractivity contribution < 1.29 is 16.9 Å². The van der Waals surface area contributed by atoms with Crippen LogP contribution in [-0.4, -0.2) is 55.7 Å².